The maximum atomic E-state index is 12.5. The van der Waals surface area contributed by atoms with Crippen molar-refractivity contribution in [3.8, 4) is 0 Å². The number of anilines is 1. The van der Waals surface area contributed by atoms with E-state index in [1.54, 1.807) is 17.7 Å². The van der Waals surface area contributed by atoms with Crippen LogP contribution in [-0.4, -0.2) is 39.7 Å². The number of nitrogens with one attached hydrogen (secondary N) is 1. The molecule has 0 radical (unpaired) electrons. The molecule has 1 fully saturated rings. The molecule has 1 aliphatic rings. The van der Waals surface area contributed by atoms with Gasteiger partial charge in [-0.05, 0) is 17.0 Å². The van der Waals surface area contributed by atoms with E-state index in [-0.39, 0.29) is 5.91 Å². The van der Waals surface area contributed by atoms with Crippen molar-refractivity contribution in [2.45, 2.75) is 25.0 Å². The second-order valence-corrected chi connectivity index (χ2v) is 7.42. The van der Waals surface area contributed by atoms with Crippen LogP contribution in [0.3, 0.4) is 0 Å². The molecule has 0 saturated carbocycles. The summed E-state index contributed by atoms with van der Waals surface area (Å²) in [4.78, 5) is 24.3. The molecule has 3 aromatic rings. The molecule has 1 aromatic carbocycles. The number of hydrogen-bond donors (Lipinski definition) is 2. The molecule has 3 heterocycles. The van der Waals surface area contributed by atoms with E-state index in [0.29, 0.717) is 32.5 Å². The average Bonchev–Trinajstić information content (AvgIpc) is 3.16. The topological polar surface area (TPSA) is 78.4 Å². The normalized spacial score (nSPS) is 16.6. The molecule has 2 N–H and O–H groups in total. The Morgan fingerprint density at radius 2 is 1.96 bits per heavy atom. The number of piperidine rings is 1. The third kappa shape index (κ3) is 3.27. The molecule has 1 saturated heterocycles. The number of amides is 1. The molecule has 0 atom stereocenters. The lowest BCUT2D eigenvalue weighted by atomic mass is 9.90. The smallest absolute Gasteiger partial charge is 0.252 e. The highest BCUT2D eigenvalue weighted by atomic mass is 32.1. The maximum Gasteiger partial charge on any atom is 0.252 e. The van der Waals surface area contributed by atoms with Crippen molar-refractivity contribution in [1.29, 1.82) is 0 Å². The molecule has 2 aromatic heterocycles. The van der Waals surface area contributed by atoms with Gasteiger partial charge in [-0.15, -0.1) is 11.3 Å². The van der Waals surface area contributed by atoms with Crippen LogP contribution in [0.5, 0.6) is 0 Å². The Kier molecular flexibility index (Phi) is 4.57. The van der Waals surface area contributed by atoms with Gasteiger partial charge in [-0.3, -0.25) is 4.79 Å². The Balaban J connectivity index is 1.40. The number of nitrogens with zero attached hydrogens (tertiary/aromatic N) is 3. The fourth-order valence-corrected chi connectivity index (χ4v) is 4.01. The Morgan fingerprint density at radius 3 is 2.73 bits per heavy atom. The summed E-state index contributed by atoms with van der Waals surface area (Å²) in [6, 6.07) is 11.7. The molecule has 0 unspecified atom stereocenters. The second-order valence-electron chi connectivity index (χ2n) is 6.52. The van der Waals surface area contributed by atoms with Crippen LogP contribution in [0.15, 0.2) is 48.1 Å². The molecule has 1 amide bonds. The van der Waals surface area contributed by atoms with E-state index in [4.69, 9.17) is 0 Å². The summed E-state index contributed by atoms with van der Waals surface area (Å²) in [6.07, 6.45) is 2.33. The number of rotatable bonds is 4. The summed E-state index contributed by atoms with van der Waals surface area (Å²) in [5.74, 6) is 0.576. The second kappa shape index (κ2) is 7.01. The standard InChI is InChI=1S/C19H20N4O2S/c24-18(20-12-14-4-2-1-3-5-14)19(25)7-9-23(10-8-19)16-15-6-11-26-17(15)22-13-21-16/h1-6,11,13,25H,7-10,12H2,(H,20,24). The van der Waals surface area contributed by atoms with Crippen molar-refractivity contribution >= 4 is 33.3 Å². The number of carbonyl (C=O) groups excluding carboxylic acids is 1. The van der Waals surface area contributed by atoms with Crippen molar-refractivity contribution in [2.24, 2.45) is 0 Å². The van der Waals surface area contributed by atoms with Gasteiger partial charge in [0.25, 0.3) is 5.91 Å². The maximum absolute atomic E-state index is 12.5. The fraction of sp³-hybridized carbons (Fsp3) is 0.316. The average molecular weight is 368 g/mol. The van der Waals surface area contributed by atoms with Crippen molar-refractivity contribution in [1.82, 2.24) is 15.3 Å². The van der Waals surface area contributed by atoms with Crippen molar-refractivity contribution in [3.63, 3.8) is 0 Å². The Bertz CT molecular complexity index is 904. The van der Waals surface area contributed by atoms with Crippen LogP contribution in [0.1, 0.15) is 18.4 Å². The summed E-state index contributed by atoms with van der Waals surface area (Å²) >= 11 is 1.58. The van der Waals surface area contributed by atoms with Crippen molar-refractivity contribution in [3.05, 3.63) is 53.7 Å². The van der Waals surface area contributed by atoms with Gasteiger partial charge in [0.05, 0.1) is 5.39 Å². The number of aliphatic hydroxyl groups is 1. The van der Waals surface area contributed by atoms with Crippen LogP contribution in [-0.2, 0) is 11.3 Å². The van der Waals surface area contributed by atoms with E-state index in [1.807, 2.05) is 41.8 Å². The molecule has 7 heteroatoms. The molecule has 0 spiro atoms. The first kappa shape index (κ1) is 16.9. The molecule has 26 heavy (non-hydrogen) atoms. The van der Waals surface area contributed by atoms with E-state index >= 15 is 0 Å². The van der Waals surface area contributed by atoms with Gasteiger partial charge in [0.15, 0.2) is 0 Å². The third-order valence-corrected chi connectivity index (χ3v) is 5.67. The number of fused-ring (bicyclic) bond motifs is 1. The van der Waals surface area contributed by atoms with E-state index < -0.39 is 5.60 Å². The van der Waals surface area contributed by atoms with Crippen LogP contribution >= 0.6 is 11.3 Å². The van der Waals surface area contributed by atoms with Gasteiger partial charge >= 0.3 is 0 Å². The summed E-state index contributed by atoms with van der Waals surface area (Å²) in [5.41, 5.74) is -0.311. The zero-order valence-corrected chi connectivity index (χ0v) is 15.1. The van der Waals surface area contributed by atoms with Gasteiger partial charge in [0, 0.05) is 32.5 Å². The first-order valence-electron chi connectivity index (χ1n) is 8.63. The molecule has 0 bridgehead atoms. The van der Waals surface area contributed by atoms with E-state index in [1.165, 1.54) is 0 Å². The van der Waals surface area contributed by atoms with Crippen LogP contribution < -0.4 is 10.2 Å². The minimum Gasteiger partial charge on any atom is -0.380 e. The molecule has 0 aliphatic carbocycles. The molecular formula is C19H20N4O2S. The van der Waals surface area contributed by atoms with Gasteiger partial charge in [0.2, 0.25) is 0 Å². The molecule has 6 nitrogen and oxygen atoms in total. The highest BCUT2D eigenvalue weighted by Gasteiger charge is 2.39. The molecule has 4 rings (SSSR count). The Hall–Kier alpha value is -2.51. The zero-order chi connectivity index (χ0) is 18.0. The zero-order valence-electron chi connectivity index (χ0n) is 14.3. The van der Waals surface area contributed by atoms with Crippen LogP contribution in [0.2, 0.25) is 0 Å². The summed E-state index contributed by atoms with van der Waals surface area (Å²) in [7, 11) is 0. The highest BCUT2D eigenvalue weighted by Crippen LogP contribution is 2.31. The first-order valence-corrected chi connectivity index (χ1v) is 9.51. The van der Waals surface area contributed by atoms with Crippen LogP contribution in [0.4, 0.5) is 5.82 Å². The largest absolute Gasteiger partial charge is 0.380 e. The third-order valence-electron chi connectivity index (χ3n) is 4.85. The lowest BCUT2D eigenvalue weighted by molar-refractivity contribution is -0.142. The Labute approximate surface area is 155 Å². The first-order chi connectivity index (χ1) is 12.7. The van der Waals surface area contributed by atoms with Crippen molar-refractivity contribution < 1.29 is 9.90 Å². The fourth-order valence-electron chi connectivity index (χ4n) is 3.29. The monoisotopic (exact) mass is 368 g/mol. The van der Waals surface area contributed by atoms with Gasteiger partial charge in [-0.2, -0.15) is 0 Å². The number of hydrogen-bond acceptors (Lipinski definition) is 6. The molecular weight excluding hydrogens is 348 g/mol. The van der Waals surface area contributed by atoms with Gasteiger partial charge < -0.3 is 15.3 Å². The summed E-state index contributed by atoms with van der Waals surface area (Å²) in [5, 5.41) is 16.7. The van der Waals surface area contributed by atoms with Crippen LogP contribution in [0, 0.1) is 0 Å². The molecule has 1 aliphatic heterocycles. The number of benzene rings is 1. The van der Waals surface area contributed by atoms with Gasteiger partial charge in [0.1, 0.15) is 22.6 Å². The predicted octanol–water partition coefficient (Wildman–Crippen LogP) is 2.34. The minimum atomic E-state index is -1.33. The lowest BCUT2D eigenvalue weighted by Crippen LogP contribution is -2.53. The number of carbonyl (C=O) groups is 1. The molecule has 134 valence electrons. The van der Waals surface area contributed by atoms with E-state index in [2.05, 4.69) is 20.2 Å². The number of aromatic nitrogens is 2. The van der Waals surface area contributed by atoms with Gasteiger partial charge in [-0.25, -0.2) is 9.97 Å². The highest BCUT2D eigenvalue weighted by molar-refractivity contribution is 7.16. The van der Waals surface area contributed by atoms with Gasteiger partial charge in [-0.1, -0.05) is 30.3 Å². The minimum absolute atomic E-state index is 0.302. The van der Waals surface area contributed by atoms with Crippen LogP contribution in [0.25, 0.3) is 10.2 Å². The predicted molar refractivity (Wildman–Crippen MR) is 102 cm³/mol. The lowest BCUT2D eigenvalue weighted by Gasteiger charge is -2.37. The van der Waals surface area contributed by atoms with Crippen molar-refractivity contribution in [2.75, 3.05) is 18.0 Å². The van der Waals surface area contributed by atoms with E-state index in [0.717, 1.165) is 21.6 Å². The Morgan fingerprint density at radius 1 is 1.19 bits per heavy atom. The number of thiophene rings is 1. The SMILES string of the molecule is O=C(NCc1ccccc1)C1(O)CCN(c2ncnc3sccc23)CC1. The quantitative estimate of drug-likeness (QED) is 0.739. The van der Waals surface area contributed by atoms with E-state index in [9.17, 15) is 9.90 Å². The summed E-state index contributed by atoms with van der Waals surface area (Å²) in [6.45, 7) is 1.58. The summed E-state index contributed by atoms with van der Waals surface area (Å²) < 4.78 is 0.